The van der Waals surface area contributed by atoms with Crippen molar-refractivity contribution in [2.45, 2.75) is 39.2 Å². The number of halogens is 2. The minimum atomic E-state index is 0.182. The van der Waals surface area contributed by atoms with Crippen molar-refractivity contribution in [3.8, 4) is 0 Å². The molecule has 4 atom stereocenters. The number of nitrogens with two attached hydrogens (primary N) is 1. The molecule has 0 aliphatic heterocycles. The Labute approximate surface area is 124 Å². The van der Waals surface area contributed by atoms with Crippen LogP contribution in [0, 0.1) is 17.8 Å². The summed E-state index contributed by atoms with van der Waals surface area (Å²) in [5.74, 6) is 2.30. The molecule has 1 aromatic heterocycles. The number of hydrogen-bond donors (Lipinski definition) is 1. The maximum absolute atomic E-state index is 6.45. The van der Waals surface area contributed by atoms with Crippen molar-refractivity contribution >= 4 is 43.2 Å². The molecule has 17 heavy (non-hydrogen) atoms. The summed E-state index contributed by atoms with van der Waals surface area (Å²) in [5, 5.41) is 0. The molecule has 0 bridgehead atoms. The zero-order valence-electron chi connectivity index (χ0n) is 10.2. The Morgan fingerprint density at radius 2 is 2.00 bits per heavy atom. The Morgan fingerprint density at radius 1 is 1.29 bits per heavy atom. The fourth-order valence-corrected chi connectivity index (χ4v) is 5.71. The van der Waals surface area contributed by atoms with E-state index in [2.05, 4.69) is 51.8 Å². The highest BCUT2D eigenvalue weighted by atomic mass is 79.9. The van der Waals surface area contributed by atoms with E-state index in [0.29, 0.717) is 5.92 Å². The highest BCUT2D eigenvalue weighted by Gasteiger charge is 2.30. The van der Waals surface area contributed by atoms with Crippen LogP contribution in [0.1, 0.15) is 44.7 Å². The first kappa shape index (κ1) is 14.0. The lowest BCUT2D eigenvalue weighted by Gasteiger charge is -2.35. The first-order valence-corrected chi connectivity index (χ1v) is 8.59. The van der Waals surface area contributed by atoms with Gasteiger partial charge in [-0.25, -0.2) is 0 Å². The third-order valence-corrected chi connectivity index (χ3v) is 6.57. The molecule has 1 heterocycles. The van der Waals surface area contributed by atoms with Crippen LogP contribution in [0.2, 0.25) is 0 Å². The van der Waals surface area contributed by atoms with Gasteiger partial charge in [-0.15, -0.1) is 11.3 Å². The lowest BCUT2D eigenvalue weighted by Crippen LogP contribution is -2.29. The van der Waals surface area contributed by atoms with E-state index in [9.17, 15) is 0 Å². The van der Waals surface area contributed by atoms with Gasteiger partial charge in [0.05, 0.1) is 7.57 Å². The monoisotopic (exact) mass is 379 g/mol. The summed E-state index contributed by atoms with van der Waals surface area (Å²) in [7, 11) is 0. The van der Waals surface area contributed by atoms with Crippen LogP contribution in [0.5, 0.6) is 0 Å². The zero-order valence-corrected chi connectivity index (χ0v) is 14.2. The van der Waals surface area contributed by atoms with Gasteiger partial charge in [0.15, 0.2) is 0 Å². The number of thiophene rings is 1. The average molecular weight is 381 g/mol. The van der Waals surface area contributed by atoms with Crippen molar-refractivity contribution in [1.82, 2.24) is 0 Å². The maximum atomic E-state index is 6.45. The standard InChI is InChI=1S/C13H19Br2NS/c1-7-3-4-9(5-8(7)2)12(16)10-6-11(14)17-13(10)15/h6-9,12H,3-5,16H2,1-2H3. The van der Waals surface area contributed by atoms with Crippen molar-refractivity contribution < 1.29 is 0 Å². The second-order valence-corrected chi connectivity index (χ2v) is 9.08. The van der Waals surface area contributed by atoms with Crippen LogP contribution in [0.4, 0.5) is 0 Å². The normalized spacial score (nSPS) is 31.5. The molecule has 1 saturated carbocycles. The molecule has 0 saturated heterocycles. The van der Waals surface area contributed by atoms with Crippen molar-refractivity contribution in [3.05, 3.63) is 19.2 Å². The SMILES string of the molecule is CC1CCC(C(N)c2cc(Br)sc2Br)CC1C. The molecule has 0 amide bonds. The topological polar surface area (TPSA) is 26.0 Å². The molecule has 0 spiro atoms. The van der Waals surface area contributed by atoms with E-state index in [1.807, 2.05) is 0 Å². The van der Waals surface area contributed by atoms with Crippen LogP contribution in [-0.4, -0.2) is 0 Å². The van der Waals surface area contributed by atoms with Gasteiger partial charge >= 0.3 is 0 Å². The first-order valence-electron chi connectivity index (χ1n) is 6.19. The Balaban J connectivity index is 2.10. The van der Waals surface area contributed by atoms with E-state index in [4.69, 9.17) is 5.73 Å². The van der Waals surface area contributed by atoms with Gasteiger partial charge in [0.25, 0.3) is 0 Å². The summed E-state index contributed by atoms with van der Waals surface area (Å²) < 4.78 is 2.34. The molecule has 1 aliphatic rings. The smallest absolute Gasteiger partial charge is 0.0758 e. The lowest BCUT2D eigenvalue weighted by atomic mass is 9.72. The summed E-state index contributed by atoms with van der Waals surface area (Å²) >= 11 is 8.87. The minimum absolute atomic E-state index is 0.182. The van der Waals surface area contributed by atoms with Crippen LogP contribution in [0.3, 0.4) is 0 Å². The summed E-state index contributed by atoms with van der Waals surface area (Å²) in [4.78, 5) is 0. The van der Waals surface area contributed by atoms with Crippen LogP contribution in [-0.2, 0) is 0 Å². The third-order valence-electron chi connectivity index (χ3n) is 4.19. The summed E-state index contributed by atoms with van der Waals surface area (Å²) in [6, 6.07) is 2.35. The van der Waals surface area contributed by atoms with E-state index in [1.54, 1.807) is 11.3 Å². The predicted octanol–water partition coefficient (Wildman–Crippen LogP) is 5.35. The third kappa shape index (κ3) is 3.14. The molecule has 1 aromatic rings. The fourth-order valence-electron chi connectivity index (χ4n) is 2.75. The molecule has 1 aliphatic carbocycles. The second kappa shape index (κ2) is 5.72. The van der Waals surface area contributed by atoms with Gasteiger partial charge in [0, 0.05) is 6.04 Å². The molecule has 4 unspecified atom stereocenters. The lowest BCUT2D eigenvalue weighted by molar-refractivity contribution is 0.186. The Bertz CT molecular complexity index is 391. The van der Waals surface area contributed by atoms with E-state index in [1.165, 1.54) is 28.6 Å². The van der Waals surface area contributed by atoms with Crippen molar-refractivity contribution in [2.75, 3.05) is 0 Å². The van der Waals surface area contributed by atoms with Gasteiger partial charge in [-0.2, -0.15) is 0 Å². The van der Waals surface area contributed by atoms with E-state index >= 15 is 0 Å². The Kier molecular flexibility index (Phi) is 4.73. The Morgan fingerprint density at radius 3 is 2.53 bits per heavy atom. The first-order chi connectivity index (χ1) is 7.99. The Hall–Kier alpha value is 0.620. The second-order valence-electron chi connectivity index (χ2n) is 5.33. The molecule has 96 valence electrons. The molecule has 0 radical (unpaired) electrons. The molecule has 0 aromatic carbocycles. The van der Waals surface area contributed by atoms with Gasteiger partial charge in [0.2, 0.25) is 0 Å². The molecule has 1 nitrogen and oxygen atoms in total. The molecular weight excluding hydrogens is 362 g/mol. The average Bonchev–Trinajstić information content (AvgIpc) is 2.61. The van der Waals surface area contributed by atoms with Crippen LogP contribution >= 0.6 is 43.2 Å². The largest absolute Gasteiger partial charge is 0.324 e. The molecule has 1 fully saturated rings. The molecule has 2 N–H and O–H groups in total. The van der Waals surface area contributed by atoms with Gasteiger partial charge in [-0.05, 0) is 74.1 Å². The van der Waals surface area contributed by atoms with Gasteiger partial charge in [0.1, 0.15) is 0 Å². The summed E-state index contributed by atoms with van der Waals surface area (Å²) in [6.45, 7) is 4.73. The highest BCUT2D eigenvalue weighted by Crippen LogP contribution is 2.43. The van der Waals surface area contributed by atoms with Crippen molar-refractivity contribution in [2.24, 2.45) is 23.5 Å². The number of hydrogen-bond acceptors (Lipinski definition) is 2. The summed E-state index contributed by atoms with van der Waals surface area (Å²) in [6.07, 6.45) is 3.86. The number of rotatable bonds is 2. The fraction of sp³-hybridized carbons (Fsp3) is 0.692. The van der Waals surface area contributed by atoms with Gasteiger partial charge < -0.3 is 5.73 Å². The van der Waals surface area contributed by atoms with Crippen LogP contribution < -0.4 is 5.73 Å². The summed E-state index contributed by atoms with van der Waals surface area (Å²) in [5.41, 5.74) is 7.72. The van der Waals surface area contributed by atoms with Crippen LogP contribution in [0.25, 0.3) is 0 Å². The van der Waals surface area contributed by atoms with Crippen LogP contribution in [0.15, 0.2) is 13.6 Å². The highest BCUT2D eigenvalue weighted by molar-refractivity contribution is 9.12. The minimum Gasteiger partial charge on any atom is -0.324 e. The zero-order chi connectivity index (χ0) is 12.6. The van der Waals surface area contributed by atoms with E-state index < -0.39 is 0 Å². The van der Waals surface area contributed by atoms with Gasteiger partial charge in [-0.1, -0.05) is 20.3 Å². The molecule has 2 rings (SSSR count). The quantitative estimate of drug-likeness (QED) is 0.735. The predicted molar refractivity (Wildman–Crippen MR) is 82.3 cm³/mol. The van der Waals surface area contributed by atoms with E-state index in [-0.39, 0.29) is 6.04 Å². The molecule has 4 heteroatoms. The van der Waals surface area contributed by atoms with Gasteiger partial charge in [-0.3, -0.25) is 0 Å². The van der Waals surface area contributed by atoms with Crippen molar-refractivity contribution in [1.29, 1.82) is 0 Å². The maximum Gasteiger partial charge on any atom is 0.0758 e. The van der Waals surface area contributed by atoms with Crippen molar-refractivity contribution in [3.63, 3.8) is 0 Å². The van der Waals surface area contributed by atoms with E-state index in [0.717, 1.165) is 15.6 Å². The molecular formula is C13H19Br2NS.